The molecule has 0 bridgehead atoms. The molecule has 0 amide bonds. The fourth-order valence-electron chi connectivity index (χ4n) is 3.63. The molecule has 0 saturated heterocycles. The van der Waals surface area contributed by atoms with Crippen LogP contribution in [0.3, 0.4) is 0 Å². The zero-order valence-corrected chi connectivity index (χ0v) is 15.7. The molecule has 1 aliphatic heterocycles. The summed E-state index contributed by atoms with van der Waals surface area (Å²) in [5.41, 5.74) is 3.53. The minimum atomic E-state index is -3.71. The number of fused-ring (bicyclic) bond motifs is 1. The molecule has 7 nitrogen and oxygen atoms in total. The maximum atomic E-state index is 13.3. The van der Waals surface area contributed by atoms with Crippen LogP contribution in [-0.2, 0) is 23.6 Å². The Hall–Kier alpha value is -2.45. The van der Waals surface area contributed by atoms with Gasteiger partial charge < -0.3 is 4.52 Å². The summed E-state index contributed by atoms with van der Waals surface area (Å²) < 4.78 is 34.9. The van der Waals surface area contributed by atoms with E-state index in [1.165, 1.54) is 4.31 Å². The van der Waals surface area contributed by atoms with Crippen LogP contribution in [0, 0.1) is 13.8 Å². The summed E-state index contributed by atoms with van der Waals surface area (Å²) >= 11 is 0. The summed E-state index contributed by atoms with van der Waals surface area (Å²) in [6, 6.07) is 7.96. The van der Waals surface area contributed by atoms with E-state index >= 15 is 0 Å². The summed E-state index contributed by atoms with van der Waals surface area (Å²) in [6.45, 7) is 3.97. The van der Waals surface area contributed by atoms with Gasteiger partial charge in [0, 0.05) is 32.3 Å². The predicted molar refractivity (Wildman–Crippen MR) is 95.1 cm³/mol. The third-order valence-electron chi connectivity index (χ3n) is 4.86. The van der Waals surface area contributed by atoms with Crippen molar-refractivity contribution in [2.75, 3.05) is 6.54 Å². The van der Waals surface area contributed by atoms with Gasteiger partial charge in [0.25, 0.3) is 0 Å². The summed E-state index contributed by atoms with van der Waals surface area (Å²) in [4.78, 5) is 0.168. The lowest BCUT2D eigenvalue weighted by atomic mass is 9.87. The second-order valence-electron chi connectivity index (χ2n) is 6.65. The molecule has 1 aliphatic rings. The highest BCUT2D eigenvalue weighted by molar-refractivity contribution is 7.89. The topological polar surface area (TPSA) is 81.2 Å². The average Bonchev–Trinajstić information content (AvgIpc) is 3.19. The Morgan fingerprint density at radius 2 is 2.00 bits per heavy atom. The summed E-state index contributed by atoms with van der Waals surface area (Å²) in [6.07, 6.45) is 3.74. The first-order valence-corrected chi connectivity index (χ1v) is 9.81. The Balaban J connectivity index is 1.81. The highest BCUT2D eigenvalue weighted by Crippen LogP contribution is 2.36. The van der Waals surface area contributed by atoms with Gasteiger partial charge in [-0.05, 0) is 30.5 Å². The van der Waals surface area contributed by atoms with Crippen molar-refractivity contribution in [1.29, 1.82) is 0 Å². The van der Waals surface area contributed by atoms with Crippen molar-refractivity contribution in [3.63, 3.8) is 0 Å². The maximum absolute atomic E-state index is 13.3. The average molecular weight is 372 g/mol. The molecule has 3 aromatic rings. The first kappa shape index (κ1) is 17.0. The zero-order chi connectivity index (χ0) is 18.5. The first-order valence-electron chi connectivity index (χ1n) is 8.37. The molecule has 26 heavy (non-hydrogen) atoms. The van der Waals surface area contributed by atoms with E-state index in [4.69, 9.17) is 4.52 Å². The Morgan fingerprint density at radius 1 is 1.23 bits per heavy atom. The van der Waals surface area contributed by atoms with Gasteiger partial charge in [-0.3, -0.25) is 4.68 Å². The van der Waals surface area contributed by atoms with E-state index < -0.39 is 10.0 Å². The molecule has 0 radical (unpaired) electrons. The first-order chi connectivity index (χ1) is 12.4. The van der Waals surface area contributed by atoms with E-state index in [0.717, 1.165) is 16.7 Å². The smallest absolute Gasteiger partial charge is 0.248 e. The van der Waals surface area contributed by atoms with Gasteiger partial charge in [0.1, 0.15) is 10.6 Å². The van der Waals surface area contributed by atoms with Crippen molar-refractivity contribution in [2.24, 2.45) is 7.05 Å². The van der Waals surface area contributed by atoms with E-state index in [9.17, 15) is 8.42 Å². The van der Waals surface area contributed by atoms with Crippen LogP contribution in [0.4, 0.5) is 0 Å². The zero-order valence-electron chi connectivity index (χ0n) is 14.9. The Bertz CT molecular complexity index is 1050. The molecule has 136 valence electrons. The van der Waals surface area contributed by atoms with Crippen molar-refractivity contribution in [3.05, 3.63) is 64.8 Å². The lowest BCUT2D eigenvalue weighted by Gasteiger charge is -2.33. The Morgan fingerprint density at radius 3 is 2.65 bits per heavy atom. The number of nitrogens with zero attached hydrogens (tertiary/aromatic N) is 4. The molecule has 1 aromatic carbocycles. The quantitative estimate of drug-likeness (QED) is 0.705. The highest BCUT2D eigenvalue weighted by Gasteiger charge is 2.37. The second kappa shape index (κ2) is 6.07. The van der Waals surface area contributed by atoms with Crippen LogP contribution in [0.5, 0.6) is 0 Å². The van der Waals surface area contributed by atoms with Gasteiger partial charge in [-0.15, -0.1) is 0 Å². The highest BCUT2D eigenvalue weighted by atomic mass is 32.2. The number of hydrogen-bond acceptors (Lipinski definition) is 5. The number of aryl methyl sites for hydroxylation is 3. The maximum Gasteiger partial charge on any atom is 0.248 e. The SMILES string of the molecule is Cc1noc(C)c1S(=O)(=O)N1Cc2ccccc2[C@@H](c2cnn(C)c2)C1. The fourth-order valence-corrected chi connectivity index (χ4v) is 5.36. The molecule has 0 aliphatic carbocycles. The fraction of sp³-hybridized carbons (Fsp3) is 0.333. The van der Waals surface area contributed by atoms with Gasteiger partial charge in [0.05, 0.1) is 6.20 Å². The summed E-state index contributed by atoms with van der Waals surface area (Å²) in [5, 5.41) is 8.06. The van der Waals surface area contributed by atoms with Crippen molar-refractivity contribution >= 4 is 10.0 Å². The second-order valence-corrected chi connectivity index (χ2v) is 8.52. The number of aromatic nitrogens is 3. The molecule has 2 aromatic heterocycles. The van der Waals surface area contributed by atoms with E-state index in [2.05, 4.69) is 16.3 Å². The van der Waals surface area contributed by atoms with E-state index in [-0.39, 0.29) is 10.8 Å². The molecule has 0 unspecified atom stereocenters. The predicted octanol–water partition coefficient (Wildman–Crippen LogP) is 2.36. The third kappa shape index (κ3) is 2.65. The number of hydrogen-bond donors (Lipinski definition) is 0. The van der Waals surface area contributed by atoms with E-state index in [0.29, 0.717) is 24.5 Å². The van der Waals surface area contributed by atoms with Crippen molar-refractivity contribution in [2.45, 2.75) is 31.2 Å². The van der Waals surface area contributed by atoms with Gasteiger partial charge in [0.2, 0.25) is 10.0 Å². The lowest BCUT2D eigenvalue weighted by Crippen LogP contribution is -2.38. The summed E-state index contributed by atoms with van der Waals surface area (Å²) in [5.74, 6) is 0.253. The molecule has 0 saturated carbocycles. The standard InChI is InChI=1S/C18H20N4O3S/c1-12-18(13(2)25-20-12)26(23,24)22-10-14-6-4-5-7-16(14)17(11-22)15-8-19-21(3)9-15/h4-9,17H,10-11H2,1-3H3/t17-/m1/s1. The summed E-state index contributed by atoms with van der Waals surface area (Å²) in [7, 11) is -1.85. The van der Waals surface area contributed by atoms with Crippen LogP contribution in [0.2, 0.25) is 0 Å². The van der Waals surface area contributed by atoms with Gasteiger partial charge in [-0.1, -0.05) is 29.4 Å². The van der Waals surface area contributed by atoms with Gasteiger partial charge in [-0.25, -0.2) is 8.42 Å². The number of sulfonamides is 1. The van der Waals surface area contributed by atoms with Gasteiger partial charge in [0.15, 0.2) is 5.76 Å². The van der Waals surface area contributed by atoms with Crippen LogP contribution >= 0.6 is 0 Å². The van der Waals surface area contributed by atoms with Crippen molar-refractivity contribution < 1.29 is 12.9 Å². The molecule has 3 heterocycles. The number of benzene rings is 1. The molecule has 0 fully saturated rings. The molecule has 0 N–H and O–H groups in total. The van der Waals surface area contributed by atoms with Crippen LogP contribution in [0.1, 0.15) is 34.1 Å². The van der Waals surface area contributed by atoms with Gasteiger partial charge >= 0.3 is 0 Å². The molecular formula is C18H20N4O3S. The van der Waals surface area contributed by atoms with Crippen molar-refractivity contribution in [3.8, 4) is 0 Å². The van der Waals surface area contributed by atoms with Crippen molar-refractivity contribution in [1.82, 2.24) is 19.2 Å². The molecule has 8 heteroatoms. The minimum absolute atomic E-state index is 0.0658. The lowest BCUT2D eigenvalue weighted by molar-refractivity contribution is 0.368. The Kier molecular flexibility index (Phi) is 3.96. The monoisotopic (exact) mass is 372 g/mol. The largest absolute Gasteiger partial charge is 0.360 e. The normalized spacial score (nSPS) is 18.0. The molecule has 0 spiro atoms. The van der Waals surface area contributed by atoms with E-state index in [1.807, 2.05) is 31.4 Å². The molecule has 1 atom stereocenters. The minimum Gasteiger partial charge on any atom is -0.360 e. The van der Waals surface area contributed by atoms with Crippen LogP contribution in [-0.4, -0.2) is 34.2 Å². The third-order valence-corrected chi connectivity index (χ3v) is 6.91. The molecular weight excluding hydrogens is 352 g/mol. The van der Waals surface area contributed by atoms with Gasteiger partial charge in [-0.2, -0.15) is 9.40 Å². The van der Waals surface area contributed by atoms with Crippen LogP contribution in [0.15, 0.2) is 46.1 Å². The van der Waals surface area contributed by atoms with E-state index in [1.54, 1.807) is 24.7 Å². The van der Waals surface area contributed by atoms with Crippen LogP contribution in [0.25, 0.3) is 0 Å². The molecule has 4 rings (SSSR count). The Labute approximate surface area is 152 Å². The number of rotatable bonds is 3. The van der Waals surface area contributed by atoms with Crippen LogP contribution < -0.4 is 0 Å².